The van der Waals surface area contributed by atoms with Gasteiger partial charge in [-0.05, 0) is 67.5 Å². The van der Waals surface area contributed by atoms with Crippen molar-refractivity contribution >= 4 is 108 Å². The van der Waals surface area contributed by atoms with Crippen molar-refractivity contribution in [1.29, 1.82) is 0 Å². The number of aliphatic hydroxyl groups excluding tert-OH is 1. The third-order valence-electron chi connectivity index (χ3n) is 11.0. The first-order chi connectivity index (χ1) is 44.5. The summed E-state index contributed by atoms with van der Waals surface area (Å²) in [4.78, 5) is 121. The number of nitrogens with one attached hydrogen (secondary N) is 1. The number of unbranched alkanes of at least 4 members (excludes halogenated alkanes) is 1. The smallest absolute Gasteiger partial charge is 0.322 e. The number of hydrogen-bond donors (Lipinski definition) is 29. The molecule has 0 fully saturated rings. The molecule has 570 valence electrons. The molecule has 40 N–H and O–H groups in total. The van der Waals surface area contributed by atoms with E-state index in [1.54, 1.807) is 0 Å². The molecular weight excluding hydrogens is 1330 g/mol. The summed E-state index contributed by atoms with van der Waals surface area (Å²) in [5, 5.41) is 106. The number of thiol groups is 2. The quantitative estimate of drug-likeness (QED) is 0.0278. The Bertz CT molecular complexity index is 2310. The van der Waals surface area contributed by atoms with Gasteiger partial charge in [0.15, 0.2) is 0 Å². The molecule has 0 amide bonds. The van der Waals surface area contributed by atoms with Gasteiger partial charge in [0.1, 0.15) is 54.4 Å². The van der Waals surface area contributed by atoms with Crippen molar-refractivity contribution in [2.24, 2.45) is 98.2 Å². The second-order valence-corrected chi connectivity index (χ2v) is 21.3. The first-order valence-corrected chi connectivity index (χ1v) is 30.4. The zero-order chi connectivity index (χ0) is 79.0. The summed E-state index contributed by atoms with van der Waals surface area (Å²) in [6.45, 7) is 14.6. The lowest BCUT2D eigenvalue weighted by Gasteiger charge is -2.11. The predicted octanol–water partition coefficient (Wildman–Crippen LogP) is -3.44. The van der Waals surface area contributed by atoms with Crippen LogP contribution >= 0.6 is 25.3 Å². The number of rotatable bonds is 29. The average Bonchev–Trinajstić information content (AvgIpc) is 1.73. The van der Waals surface area contributed by atoms with Crippen molar-refractivity contribution in [1.82, 2.24) is 4.98 Å². The van der Waals surface area contributed by atoms with Crippen LogP contribution in [0.5, 0.6) is 0 Å². The van der Waals surface area contributed by atoms with Crippen LogP contribution in [0.4, 0.5) is 0 Å². The van der Waals surface area contributed by atoms with Crippen molar-refractivity contribution < 1.29 is 124 Å². The van der Waals surface area contributed by atoms with Gasteiger partial charge in [-0.15, -0.1) is 0 Å². The summed E-state index contributed by atoms with van der Waals surface area (Å²) in [5.74, 6) is -10.4. The summed E-state index contributed by atoms with van der Waals surface area (Å²) >= 11 is 7.30. The fourth-order valence-electron chi connectivity index (χ4n) is 4.70. The maximum atomic E-state index is 10.6. The highest BCUT2D eigenvalue weighted by Gasteiger charge is 2.19. The van der Waals surface area contributed by atoms with Crippen LogP contribution in [0, 0.1) is 23.7 Å². The molecule has 0 saturated heterocycles. The highest BCUT2D eigenvalue weighted by molar-refractivity contribution is 7.80. The van der Waals surface area contributed by atoms with E-state index in [4.69, 9.17) is 124 Å². The Kier molecular flexibility index (Phi) is 81.6. The monoisotopic (exact) mass is 1450 g/mol. The number of benzene rings is 1. The molecular formula is C56H114N14O25S2. The summed E-state index contributed by atoms with van der Waals surface area (Å²) in [6.07, 6.45) is 7.05. The standard InChI is InChI=1S/C11H12N2O2.C6H14N2O2.4C6H13NO2.C3H7NO3.2C3H7NO2S.3C2H5NO2/c12-9(11(14)15)5-7-6-13-10-4-2-1-3-8(7)10;7-4-2-1-3-5(8)6(9)10;2*1-4(2)3-5(7)6(8)9;2*1-3-4(2)5(7)6(8)9;4-2(1-5)3(6)7;2*4-2(1-7)3(5)6;3*3-1-2(4)5/h1-4,6,9,13H,5,12H2,(H,14,15);5H,1-4,7-8H2,(H,9,10);4*4-5H,3,7H2,1-2H3,(H,8,9);2,5H,1,4H2,(H,6,7);2*2,7H,1,4H2,(H,5,6);3*1,3H2,(H,4,5)/t9-;3*5-;2*4-,5-;3*2-;;;/m000000000.../s1. The lowest BCUT2D eigenvalue weighted by molar-refractivity contribution is -0.140. The zero-order valence-corrected chi connectivity index (χ0v) is 57.9. The van der Waals surface area contributed by atoms with Crippen LogP contribution in [0.15, 0.2) is 30.5 Å². The van der Waals surface area contributed by atoms with E-state index in [-0.39, 0.29) is 43.0 Å². The second kappa shape index (κ2) is 71.3. The lowest BCUT2D eigenvalue weighted by Crippen LogP contribution is -2.36. The second-order valence-electron chi connectivity index (χ2n) is 20.6. The molecule has 39 nitrogen and oxygen atoms in total. The number of nitrogens with two attached hydrogens (primary N) is 13. The largest absolute Gasteiger partial charge is 0.480 e. The van der Waals surface area contributed by atoms with Crippen molar-refractivity contribution in [3.8, 4) is 0 Å². The minimum atomic E-state index is -1.18. The number of hydrogen-bond acceptors (Lipinski definition) is 28. The molecule has 0 aliphatic rings. The number of aliphatic hydroxyl groups is 1. The van der Waals surface area contributed by atoms with Gasteiger partial charge in [0.2, 0.25) is 0 Å². The van der Waals surface area contributed by atoms with E-state index in [0.717, 1.165) is 42.1 Å². The summed E-state index contributed by atoms with van der Waals surface area (Å²) in [7, 11) is 0. The Hall–Kier alpha value is -7.46. The van der Waals surface area contributed by atoms with Gasteiger partial charge in [-0.25, -0.2) is 0 Å². The van der Waals surface area contributed by atoms with E-state index < -0.39 is 133 Å². The Morgan fingerprint density at radius 3 is 0.887 bits per heavy atom. The van der Waals surface area contributed by atoms with Crippen LogP contribution < -0.4 is 74.5 Å². The molecule has 1 aromatic heterocycles. The van der Waals surface area contributed by atoms with Crippen LogP contribution in [0.3, 0.4) is 0 Å². The van der Waals surface area contributed by atoms with Crippen molar-refractivity contribution in [3.05, 3.63) is 36.0 Å². The molecule has 2 aromatic rings. The molecule has 1 heterocycles. The molecule has 0 saturated carbocycles. The van der Waals surface area contributed by atoms with Gasteiger partial charge in [-0.2, -0.15) is 25.3 Å². The van der Waals surface area contributed by atoms with Gasteiger partial charge in [0.25, 0.3) is 0 Å². The van der Waals surface area contributed by atoms with Crippen molar-refractivity contribution in [3.63, 3.8) is 0 Å². The maximum absolute atomic E-state index is 10.6. The fourth-order valence-corrected chi connectivity index (χ4v) is 5.02. The molecule has 97 heavy (non-hydrogen) atoms. The molecule has 41 heteroatoms. The average molecular weight is 1450 g/mol. The Labute approximate surface area is 574 Å². The van der Waals surface area contributed by atoms with Gasteiger partial charge in [0.05, 0.1) is 26.2 Å². The van der Waals surface area contributed by atoms with Gasteiger partial charge in [-0.3, -0.25) is 57.5 Å². The number of carbonyl (C=O) groups is 12. The van der Waals surface area contributed by atoms with Gasteiger partial charge in [0, 0.05) is 35.0 Å². The number of carboxylic acids is 12. The van der Waals surface area contributed by atoms with E-state index in [0.29, 0.717) is 44.1 Å². The van der Waals surface area contributed by atoms with Crippen LogP contribution in [-0.4, -0.2) is 242 Å². The molecule has 11 atom stereocenters. The number of carboxylic acid groups (broad SMARTS) is 12. The number of para-hydroxylation sites is 1. The number of aromatic nitrogens is 1. The summed E-state index contributed by atoms with van der Waals surface area (Å²) in [5.41, 5.74) is 67.2. The first-order valence-electron chi connectivity index (χ1n) is 29.2. The summed E-state index contributed by atoms with van der Waals surface area (Å²) < 4.78 is 0. The van der Waals surface area contributed by atoms with E-state index >= 15 is 0 Å². The molecule has 1 aromatic carbocycles. The zero-order valence-electron chi connectivity index (χ0n) is 56.1. The third-order valence-corrected chi connectivity index (χ3v) is 11.7. The molecule has 0 aliphatic heterocycles. The molecule has 0 radical (unpaired) electrons. The Morgan fingerprint density at radius 2 is 0.711 bits per heavy atom. The van der Waals surface area contributed by atoms with E-state index in [1.165, 1.54) is 0 Å². The Morgan fingerprint density at radius 1 is 0.423 bits per heavy atom. The first kappa shape index (κ1) is 111. The van der Waals surface area contributed by atoms with Gasteiger partial charge >= 0.3 is 71.6 Å². The minimum Gasteiger partial charge on any atom is -0.480 e. The van der Waals surface area contributed by atoms with Crippen molar-refractivity contribution in [2.45, 2.75) is 161 Å². The minimum absolute atomic E-state index is 0.0718. The van der Waals surface area contributed by atoms with Crippen LogP contribution in [-0.2, 0) is 64.0 Å². The fraction of sp³-hybridized carbons (Fsp3) is 0.643. The molecule has 0 unspecified atom stereocenters. The third kappa shape index (κ3) is 82.7. The molecule has 0 spiro atoms. The number of aliphatic carboxylic acids is 12. The van der Waals surface area contributed by atoms with Crippen LogP contribution in [0.1, 0.15) is 106 Å². The normalized spacial score (nSPS) is 13.1. The van der Waals surface area contributed by atoms with Crippen LogP contribution in [0.2, 0.25) is 0 Å². The predicted molar refractivity (Wildman–Crippen MR) is 368 cm³/mol. The van der Waals surface area contributed by atoms with E-state index in [1.807, 2.05) is 85.9 Å². The van der Waals surface area contributed by atoms with E-state index in [2.05, 4.69) is 47.4 Å². The number of aromatic amines is 1. The Balaban J connectivity index is -0.000000108. The SMILES string of the molecule is CC(C)C[C@H](N)C(=O)O.CC(C)C[C@H](N)C(=O)O.CC[C@H](C)[C@H](N)C(=O)O.CC[C@H](C)[C@H](N)C(=O)O.NCC(=O)O.NCC(=O)O.NCC(=O)O.NCCCC[C@H](N)C(=O)O.N[C@@H](CO)C(=O)O.N[C@@H](CS)C(=O)O.N[C@@H](CS)C(=O)O.N[C@@H](Cc1c[nH]c2ccccc12)C(=O)O. The summed E-state index contributed by atoms with van der Waals surface area (Å²) in [6, 6.07) is 0.662. The topological polar surface area (TPSA) is 822 Å². The molecule has 2 rings (SSSR count). The highest BCUT2D eigenvalue weighted by Crippen LogP contribution is 2.18. The van der Waals surface area contributed by atoms with Crippen molar-refractivity contribution in [2.75, 3.05) is 44.3 Å². The van der Waals surface area contributed by atoms with Gasteiger partial charge < -0.3 is 146 Å². The molecule has 0 bridgehead atoms. The maximum Gasteiger partial charge on any atom is 0.322 e. The van der Waals surface area contributed by atoms with Gasteiger partial charge in [-0.1, -0.05) is 92.9 Å². The number of H-pyrrole nitrogens is 1. The number of fused-ring (bicyclic) bond motifs is 1. The van der Waals surface area contributed by atoms with Crippen LogP contribution in [0.25, 0.3) is 10.9 Å². The van der Waals surface area contributed by atoms with E-state index in [9.17, 15) is 57.5 Å². The highest BCUT2D eigenvalue weighted by atomic mass is 32.1. The lowest BCUT2D eigenvalue weighted by atomic mass is 10.0. The molecule has 0 aliphatic carbocycles.